The Labute approximate surface area is 163 Å². The summed E-state index contributed by atoms with van der Waals surface area (Å²) in [6, 6.07) is 0. The Bertz CT molecular complexity index is 529. The quantitative estimate of drug-likeness (QED) is 0.391. The van der Waals surface area contributed by atoms with E-state index in [-0.39, 0.29) is 16.9 Å². The first-order chi connectivity index (χ1) is 11.9. The third kappa shape index (κ3) is 9.96. The zero-order chi connectivity index (χ0) is 20.4. The van der Waals surface area contributed by atoms with Crippen molar-refractivity contribution in [2.24, 2.45) is 10.8 Å². The molecule has 0 fully saturated rings. The van der Waals surface area contributed by atoms with E-state index in [2.05, 4.69) is 52.3 Å². The van der Waals surface area contributed by atoms with Crippen LogP contribution in [0.15, 0.2) is 11.8 Å². The van der Waals surface area contributed by atoms with Gasteiger partial charge in [0.15, 0.2) is 0 Å². The summed E-state index contributed by atoms with van der Waals surface area (Å²) in [5.74, 6) is 0.891. The molecule has 0 spiro atoms. The Balaban J connectivity index is 5.20. The lowest BCUT2D eigenvalue weighted by molar-refractivity contribution is 0.00975. The molecule has 2 unspecified atom stereocenters. The average Bonchev–Trinajstić information content (AvgIpc) is 2.55. The number of sulfonamides is 1. The lowest BCUT2D eigenvalue weighted by Crippen LogP contribution is -2.35. The fraction of sp³-hybridized carbons (Fsp3) is 0.905. The van der Waals surface area contributed by atoms with E-state index in [0.717, 1.165) is 37.9 Å². The maximum Gasteiger partial charge on any atom is 0.208 e. The van der Waals surface area contributed by atoms with Crippen molar-refractivity contribution in [1.82, 2.24) is 4.72 Å². The van der Waals surface area contributed by atoms with E-state index >= 15 is 0 Å². The first-order valence-corrected chi connectivity index (χ1v) is 12.1. The van der Waals surface area contributed by atoms with Crippen molar-refractivity contribution in [3.05, 3.63) is 11.8 Å². The van der Waals surface area contributed by atoms with Crippen molar-refractivity contribution in [3.8, 4) is 0 Å². The van der Waals surface area contributed by atoms with E-state index < -0.39 is 10.0 Å². The molecule has 0 aliphatic heterocycles. The van der Waals surface area contributed by atoms with Crippen LogP contribution >= 0.6 is 0 Å². The standard InChI is InChI=1S/C21H43NO3S/c1-9-12-14-20(6,17-22-26(8,23)24)16-18(4)25-19(5)21(7,11-3)15-13-10-2/h16,19,22H,9-15,17H2,1-8H3/b18-16+/t19-,20?,21?/m1/s1. The van der Waals surface area contributed by atoms with Gasteiger partial charge in [-0.2, -0.15) is 0 Å². The third-order valence-corrected chi connectivity index (χ3v) is 6.31. The Kier molecular flexibility index (Phi) is 11.1. The van der Waals surface area contributed by atoms with Crippen LogP contribution in [0.5, 0.6) is 0 Å². The van der Waals surface area contributed by atoms with Crippen LogP contribution in [0.4, 0.5) is 0 Å². The Morgan fingerprint density at radius 3 is 2.12 bits per heavy atom. The van der Waals surface area contributed by atoms with E-state index in [0.29, 0.717) is 6.54 Å². The van der Waals surface area contributed by atoms with Crippen molar-refractivity contribution in [1.29, 1.82) is 0 Å². The van der Waals surface area contributed by atoms with Crippen LogP contribution in [0, 0.1) is 10.8 Å². The minimum absolute atomic E-state index is 0.133. The molecule has 0 aromatic heterocycles. The molecule has 5 heteroatoms. The Hall–Kier alpha value is -0.550. The number of unbranched alkanes of at least 4 members (excludes halogenated alkanes) is 2. The van der Waals surface area contributed by atoms with Crippen LogP contribution in [-0.2, 0) is 14.8 Å². The van der Waals surface area contributed by atoms with Crippen LogP contribution in [-0.4, -0.2) is 27.3 Å². The van der Waals surface area contributed by atoms with Crippen molar-refractivity contribution in [2.45, 2.75) is 99.5 Å². The van der Waals surface area contributed by atoms with Gasteiger partial charge >= 0.3 is 0 Å². The molecule has 0 radical (unpaired) electrons. The van der Waals surface area contributed by atoms with Gasteiger partial charge in [-0.1, -0.05) is 60.3 Å². The highest BCUT2D eigenvalue weighted by atomic mass is 32.2. The van der Waals surface area contributed by atoms with E-state index in [9.17, 15) is 8.42 Å². The maximum atomic E-state index is 11.5. The molecule has 1 N–H and O–H groups in total. The van der Waals surface area contributed by atoms with Gasteiger partial charge in [-0.3, -0.25) is 0 Å². The van der Waals surface area contributed by atoms with Crippen LogP contribution in [0.1, 0.15) is 93.4 Å². The maximum absolute atomic E-state index is 11.5. The molecular weight excluding hydrogens is 346 g/mol. The molecule has 0 saturated carbocycles. The predicted octanol–water partition coefficient (Wildman–Crippen LogP) is 5.65. The van der Waals surface area contributed by atoms with Gasteiger partial charge in [-0.25, -0.2) is 13.1 Å². The molecule has 0 aromatic carbocycles. The zero-order valence-corrected chi connectivity index (χ0v) is 19.3. The van der Waals surface area contributed by atoms with Gasteiger partial charge in [0.1, 0.15) is 6.10 Å². The number of hydrogen-bond acceptors (Lipinski definition) is 3. The van der Waals surface area contributed by atoms with Gasteiger partial charge in [0.2, 0.25) is 10.0 Å². The summed E-state index contributed by atoms with van der Waals surface area (Å²) in [7, 11) is -3.20. The highest BCUT2D eigenvalue weighted by Crippen LogP contribution is 2.36. The summed E-state index contributed by atoms with van der Waals surface area (Å²) in [6.45, 7) is 15.6. The minimum Gasteiger partial charge on any atom is -0.495 e. The molecule has 0 aliphatic rings. The van der Waals surface area contributed by atoms with Gasteiger partial charge in [-0.05, 0) is 39.2 Å². The third-order valence-electron chi connectivity index (χ3n) is 5.64. The van der Waals surface area contributed by atoms with E-state index in [1.54, 1.807) is 0 Å². The average molecular weight is 390 g/mol. The number of allylic oxidation sites excluding steroid dienone is 1. The Morgan fingerprint density at radius 1 is 1.12 bits per heavy atom. The number of nitrogens with one attached hydrogen (secondary N) is 1. The zero-order valence-electron chi connectivity index (χ0n) is 18.4. The summed E-state index contributed by atoms with van der Waals surface area (Å²) in [4.78, 5) is 0. The summed E-state index contributed by atoms with van der Waals surface area (Å²) >= 11 is 0. The normalized spacial score (nSPS) is 18.8. The summed E-state index contributed by atoms with van der Waals surface area (Å²) in [5.41, 5.74) is -0.0785. The lowest BCUT2D eigenvalue weighted by Gasteiger charge is -2.36. The van der Waals surface area contributed by atoms with Crippen molar-refractivity contribution < 1.29 is 13.2 Å². The first kappa shape index (κ1) is 25.4. The fourth-order valence-corrected chi connectivity index (χ4v) is 3.87. The van der Waals surface area contributed by atoms with Gasteiger partial charge in [0.25, 0.3) is 0 Å². The smallest absolute Gasteiger partial charge is 0.208 e. The Morgan fingerprint density at radius 2 is 1.65 bits per heavy atom. The molecular formula is C21H43NO3S. The van der Waals surface area contributed by atoms with Crippen molar-refractivity contribution in [2.75, 3.05) is 12.8 Å². The van der Waals surface area contributed by atoms with Gasteiger partial charge < -0.3 is 4.74 Å². The lowest BCUT2D eigenvalue weighted by atomic mass is 9.77. The number of rotatable bonds is 14. The molecule has 4 nitrogen and oxygen atoms in total. The topological polar surface area (TPSA) is 55.4 Å². The molecule has 0 amide bonds. The van der Waals surface area contributed by atoms with Gasteiger partial charge in [0.05, 0.1) is 12.0 Å². The highest BCUT2D eigenvalue weighted by molar-refractivity contribution is 7.88. The molecule has 0 rings (SSSR count). The minimum atomic E-state index is -3.20. The molecule has 156 valence electrons. The molecule has 3 atom stereocenters. The summed E-state index contributed by atoms with van der Waals surface area (Å²) in [6.07, 6.45) is 11.2. The van der Waals surface area contributed by atoms with Crippen LogP contribution in [0.3, 0.4) is 0 Å². The van der Waals surface area contributed by atoms with E-state index in [4.69, 9.17) is 4.74 Å². The second-order valence-corrected chi connectivity index (χ2v) is 10.3. The van der Waals surface area contributed by atoms with E-state index in [1.165, 1.54) is 19.1 Å². The van der Waals surface area contributed by atoms with Crippen LogP contribution < -0.4 is 4.72 Å². The van der Waals surface area contributed by atoms with Crippen LogP contribution in [0.25, 0.3) is 0 Å². The highest BCUT2D eigenvalue weighted by Gasteiger charge is 2.31. The number of ether oxygens (including phenoxy) is 1. The second kappa shape index (κ2) is 11.3. The SMILES string of the molecule is CCCCC(C)(/C=C(\C)O[C@H](C)C(C)(CC)CCCC)CNS(C)(=O)=O. The van der Waals surface area contributed by atoms with Gasteiger partial charge in [-0.15, -0.1) is 0 Å². The molecule has 0 bridgehead atoms. The first-order valence-electron chi connectivity index (χ1n) is 10.2. The molecule has 0 aromatic rings. The number of hydrogen-bond donors (Lipinski definition) is 1. The monoisotopic (exact) mass is 389 g/mol. The van der Waals surface area contributed by atoms with Crippen molar-refractivity contribution >= 4 is 10.0 Å². The van der Waals surface area contributed by atoms with Crippen molar-refractivity contribution in [3.63, 3.8) is 0 Å². The molecule has 0 heterocycles. The van der Waals surface area contributed by atoms with Gasteiger partial charge in [0, 0.05) is 17.4 Å². The molecule has 0 aliphatic carbocycles. The molecule has 26 heavy (non-hydrogen) atoms. The predicted molar refractivity (Wildman–Crippen MR) is 113 cm³/mol. The largest absolute Gasteiger partial charge is 0.495 e. The summed E-state index contributed by atoms with van der Waals surface area (Å²) in [5, 5.41) is 0. The van der Waals surface area contributed by atoms with E-state index in [1.807, 2.05) is 6.92 Å². The van der Waals surface area contributed by atoms with Crippen LogP contribution in [0.2, 0.25) is 0 Å². The second-order valence-electron chi connectivity index (χ2n) is 8.48. The molecule has 0 saturated heterocycles. The summed E-state index contributed by atoms with van der Waals surface area (Å²) < 4.78 is 32.0. The fourth-order valence-electron chi connectivity index (χ4n) is 3.28.